The van der Waals surface area contributed by atoms with Gasteiger partial charge in [-0.25, -0.2) is 0 Å². The molecule has 1 aromatic carbocycles. The van der Waals surface area contributed by atoms with Gasteiger partial charge in [0, 0.05) is 32.0 Å². The van der Waals surface area contributed by atoms with E-state index in [1.807, 2.05) is 50.6 Å². The molecule has 6 heteroatoms. The average molecular weight is 353 g/mol. The maximum atomic E-state index is 13.1. The Morgan fingerprint density at radius 1 is 1.23 bits per heavy atom. The van der Waals surface area contributed by atoms with E-state index in [4.69, 9.17) is 4.52 Å². The smallest absolute Gasteiger partial charge is 0.294 e. The molecule has 0 bridgehead atoms. The molecule has 0 fully saturated rings. The molecular formula is C20H23N3O3. The van der Waals surface area contributed by atoms with Gasteiger partial charge in [0.05, 0.1) is 22.5 Å². The van der Waals surface area contributed by atoms with Gasteiger partial charge in [-0.05, 0) is 32.4 Å². The van der Waals surface area contributed by atoms with Gasteiger partial charge >= 0.3 is 0 Å². The molecule has 0 atom stereocenters. The molecule has 1 amide bonds. The number of hydrogen-bond donors (Lipinski definition) is 0. The molecule has 0 aliphatic heterocycles. The van der Waals surface area contributed by atoms with Crippen molar-refractivity contribution in [2.45, 2.75) is 27.2 Å². The van der Waals surface area contributed by atoms with Crippen molar-refractivity contribution in [2.24, 2.45) is 7.05 Å². The van der Waals surface area contributed by atoms with E-state index >= 15 is 0 Å². The number of carbonyl (C=O) groups is 2. The maximum Gasteiger partial charge on any atom is 0.294 e. The third-order valence-electron chi connectivity index (χ3n) is 4.69. The molecule has 0 unspecified atom stereocenters. The fraction of sp³-hybridized carbons (Fsp3) is 0.350. The van der Waals surface area contributed by atoms with Gasteiger partial charge in [0.15, 0.2) is 0 Å². The lowest BCUT2D eigenvalue weighted by Gasteiger charge is -2.11. The van der Waals surface area contributed by atoms with Crippen molar-refractivity contribution in [3.63, 3.8) is 0 Å². The molecule has 0 saturated heterocycles. The van der Waals surface area contributed by atoms with Gasteiger partial charge in [-0.15, -0.1) is 0 Å². The van der Waals surface area contributed by atoms with Crippen LogP contribution in [0, 0.1) is 13.8 Å². The number of benzene rings is 1. The molecule has 6 nitrogen and oxygen atoms in total. The predicted molar refractivity (Wildman–Crippen MR) is 100 cm³/mol. The summed E-state index contributed by atoms with van der Waals surface area (Å²) in [6, 6.07) is 5.92. The number of fused-ring (bicyclic) bond motifs is 1. The molecule has 136 valence electrons. The lowest BCUT2D eigenvalue weighted by atomic mass is 9.98. The molecule has 2 aromatic heterocycles. The standard InChI is InChI=1S/C20H23N3O3/c1-7-14-16(12(3)26-21-14)18-17(19(24)20(25)22(4)5)13-10-11(2)8-9-15(13)23(18)6/h8-10H,7H2,1-6H3. The normalized spacial score (nSPS) is 11.2. The van der Waals surface area contributed by atoms with Crippen molar-refractivity contribution >= 4 is 22.6 Å². The van der Waals surface area contributed by atoms with E-state index in [2.05, 4.69) is 5.16 Å². The monoisotopic (exact) mass is 353 g/mol. The maximum absolute atomic E-state index is 13.1. The largest absolute Gasteiger partial charge is 0.361 e. The number of aromatic nitrogens is 2. The highest BCUT2D eigenvalue weighted by Gasteiger charge is 2.30. The van der Waals surface area contributed by atoms with Crippen LogP contribution in [-0.2, 0) is 18.3 Å². The highest BCUT2D eigenvalue weighted by atomic mass is 16.5. The van der Waals surface area contributed by atoms with Gasteiger partial charge in [-0.2, -0.15) is 0 Å². The number of nitrogens with zero attached hydrogens (tertiary/aromatic N) is 3. The first kappa shape index (κ1) is 17.9. The molecule has 0 radical (unpaired) electrons. The molecule has 3 aromatic rings. The molecule has 0 N–H and O–H groups in total. The third-order valence-corrected chi connectivity index (χ3v) is 4.69. The van der Waals surface area contributed by atoms with E-state index in [1.54, 1.807) is 14.1 Å². The van der Waals surface area contributed by atoms with Crippen molar-refractivity contribution in [1.82, 2.24) is 14.6 Å². The highest BCUT2D eigenvalue weighted by Crippen LogP contribution is 2.37. The van der Waals surface area contributed by atoms with E-state index in [0.29, 0.717) is 23.4 Å². The molecule has 0 saturated carbocycles. The summed E-state index contributed by atoms with van der Waals surface area (Å²) in [5.74, 6) is -0.438. The van der Waals surface area contributed by atoms with Crippen molar-refractivity contribution in [3.8, 4) is 11.3 Å². The Kier molecular flexibility index (Phi) is 4.44. The Morgan fingerprint density at radius 2 is 1.92 bits per heavy atom. The van der Waals surface area contributed by atoms with Crippen LogP contribution in [0.3, 0.4) is 0 Å². The minimum atomic E-state index is -0.549. The Bertz CT molecular complexity index is 1020. The molecule has 2 heterocycles. The number of amides is 1. The zero-order valence-corrected chi connectivity index (χ0v) is 16.0. The number of Topliss-reactive ketones (excluding diaryl/α,β-unsaturated/α-hetero) is 1. The Hall–Kier alpha value is -2.89. The fourth-order valence-electron chi connectivity index (χ4n) is 3.35. The minimum absolute atomic E-state index is 0.408. The first-order valence-corrected chi connectivity index (χ1v) is 8.58. The molecule has 0 aliphatic rings. The van der Waals surface area contributed by atoms with Crippen molar-refractivity contribution in [1.29, 1.82) is 0 Å². The first-order valence-electron chi connectivity index (χ1n) is 8.58. The van der Waals surface area contributed by atoms with Gasteiger partial charge in [0.1, 0.15) is 5.76 Å². The summed E-state index contributed by atoms with van der Waals surface area (Å²) in [5, 5.41) is 4.89. The molecule has 3 rings (SSSR count). The topological polar surface area (TPSA) is 68.3 Å². The van der Waals surface area contributed by atoms with Crippen LogP contribution < -0.4 is 0 Å². The Morgan fingerprint density at radius 3 is 2.54 bits per heavy atom. The number of hydrogen-bond acceptors (Lipinski definition) is 4. The minimum Gasteiger partial charge on any atom is -0.361 e. The molecule has 0 spiro atoms. The number of aryl methyl sites for hydroxylation is 4. The van der Waals surface area contributed by atoms with Gasteiger partial charge in [-0.3, -0.25) is 9.59 Å². The Balaban J connectivity index is 2.44. The summed E-state index contributed by atoms with van der Waals surface area (Å²) in [5.41, 5.74) is 4.57. The first-order chi connectivity index (χ1) is 12.3. The average Bonchev–Trinajstić information content (AvgIpc) is 3.10. The summed E-state index contributed by atoms with van der Waals surface area (Å²) in [4.78, 5) is 26.9. The zero-order chi connectivity index (χ0) is 19.2. The number of ketones is 1. The summed E-state index contributed by atoms with van der Waals surface area (Å²) in [6.07, 6.45) is 0.669. The van der Waals surface area contributed by atoms with Crippen LogP contribution >= 0.6 is 0 Å². The van der Waals surface area contributed by atoms with Gasteiger partial charge in [-0.1, -0.05) is 23.7 Å². The van der Waals surface area contributed by atoms with Crippen LogP contribution in [0.5, 0.6) is 0 Å². The second-order valence-corrected chi connectivity index (χ2v) is 6.75. The van der Waals surface area contributed by atoms with Crippen LogP contribution in [0.2, 0.25) is 0 Å². The summed E-state index contributed by atoms with van der Waals surface area (Å²) in [7, 11) is 5.06. The van der Waals surface area contributed by atoms with E-state index in [0.717, 1.165) is 27.7 Å². The van der Waals surface area contributed by atoms with Crippen LogP contribution in [-0.4, -0.2) is 40.4 Å². The SMILES string of the molecule is CCc1noc(C)c1-c1c(C(=O)C(=O)N(C)C)c2cc(C)ccc2n1C. The van der Waals surface area contributed by atoms with Crippen LogP contribution in [0.15, 0.2) is 22.7 Å². The van der Waals surface area contributed by atoms with E-state index < -0.39 is 11.7 Å². The van der Waals surface area contributed by atoms with E-state index in [1.165, 1.54) is 4.90 Å². The lowest BCUT2D eigenvalue weighted by Crippen LogP contribution is -2.30. The van der Waals surface area contributed by atoms with Gasteiger partial charge in [0.2, 0.25) is 0 Å². The van der Waals surface area contributed by atoms with E-state index in [9.17, 15) is 9.59 Å². The van der Waals surface area contributed by atoms with Crippen LogP contribution in [0.4, 0.5) is 0 Å². The Labute approximate surface area is 152 Å². The number of carbonyl (C=O) groups excluding carboxylic acids is 2. The van der Waals surface area contributed by atoms with E-state index in [-0.39, 0.29) is 0 Å². The second-order valence-electron chi connectivity index (χ2n) is 6.75. The van der Waals surface area contributed by atoms with Gasteiger partial charge < -0.3 is 14.0 Å². The highest BCUT2D eigenvalue weighted by molar-refractivity contribution is 6.46. The van der Waals surface area contributed by atoms with Crippen molar-refractivity contribution < 1.29 is 14.1 Å². The summed E-state index contributed by atoms with van der Waals surface area (Å²) in [6.45, 7) is 5.78. The summed E-state index contributed by atoms with van der Waals surface area (Å²) < 4.78 is 7.34. The van der Waals surface area contributed by atoms with Gasteiger partial charge in [0.25, 0.3) is 11.7 Å². The third kappa shape index (κ3) is 2.62. The van der Waals surface area contributed by atoms with Crippen molar-refractivity contribution in [3.05, 3.63) is 40.8 Å². The quantitative estimate of drug-likeness (QED) is 0.533. The zero-order valence-electron chi connectivity index (χ0n) is 16.0. The second kappa shape index (κ2) is 6.44. The number of likely N-dealkylation sites (N-methyl/N-ethyl adjacent to an activating group) is 1. The fourth-order valence-corrected chi connectivity index (χ4v) is 3.35. The summed E-state index contributed by atoms with van der Waals surface area (Å²) >= 11 is 0. The van der Waals surface area contributed by atoms with Crippen molar-refractivity contribution in [2.75, 3.05) is 14.1 Å². The lowest BCUT2D eigenvalue weighted by molar-refractivity contribution is -0.124. The number of rotatable bonds is 4. The molecule has 0 aliphatic carbocycles. The molecule has 26 heavy (non-hydrogen) atoms. The molecular weight excluding hydrogens is 330 g/mol. The predicted octanol–water partition coefficient (Wildman–Crippen LogP) is 3.28. The van der Waals surface area contributed by atoms with Crippen LogP contribution in [0.1, 0.15) is 34.3 Å². The van der Waals surface area contributed by atoms with Crippen LogP contribution in [0.25, 0.3) is 22.2 Å².